The summed E-state index contributed by atoms with van der Waals surface area (Å²) in [5, 5.41) is 11.7. The van der Waals surface area contributed by atoms with E-state index in [-0.39, 0.29) is 4.90 Å². The summed E-state index contributed by atoms with van der Waals surface area (Å²) >= 11 is 0. The molecule has 0 amide bonds. The van der Waals surface area contributed by atoms with Crippen molar-refractivity contribution in [2.24, 2.45) is 10.1 Å². The van der Waals surface area contributed by atoms with Crippen LogP contribution in [0.1, 0.15) is 18.1 Å². The van der Waals surface area contributed by atoms with E-state index in [9.17, 15) is 8.42 Å². The monoisotopic (exact) mass is 403 g/mol. The Bertz CT molecular complexity index is 912. The van der Waals surface area contributed by atoms with E-state index in [4.69, 9.17) is 5.14 Å². The van der Waals surface area contributed by atoms with Gasteiger partial charge in [-0.1, -0.05) is 24.3 Å². The van der Waals surface area contributed by atoms with Crippen LogP contribution in [0.4, 0.5) is 5.69 Å². The quantitative estimate of drug-likeness (QED) is 0.461. The molecule has 0 atom stereocenters. The number of aryl methyl sites for hydroxylation is 1. The molecule has 2 rings (SSSR count). The number of aliphatic imine (C=N–C) groups is 1. The van der Waals surface area contributed by atoms with E-state index in [0.717, 1.165) is 25.2 Å². The highest BCUT2D eigenvalue weighted by atomic mass is 32.2. The number of primary sulfonamides is 1. The molecule has 2 aromatic rings. The van der Waals surface area contributed by atoms with Crippen molar-refractivity contribution in [1.82, 2.24) is 10.6 Å². The molecular formula is C20H29N5O2S. The molecule has 0 heterocycles. The van der Waals surface area contributed by atoms with Crippen LogP contribution in [0.2, 0.25) is 0 Å². The molecule has 0 aliphatic heterocycles. The number of benzene rings is 2. The molecule has 0 spiro atoms. The minimum Gasteiger partial charge on any atom is -0.370 e. The normalized spacial score (nSPS) is 11.9. The number of nitrogens with two attached hydrogens (primary N) is 1. The molecule has 0 radical (unpaired) electrons. The Kier molecular flexibility index (Phi) is 7.83. The van der Waals surface area contributed by atoms with Crippen LogP contribution in [0.5, 0.6) is 0 Å². The van der Waals surface area contributed by atoms with Gasteiger partial charge in [0, 0.05) is 38.9 Å². The molecule has 28 heavy (non-hydrogen) atoms. The summed E-state index contributed by atoms with van der Waals surface area (Å²) in [6.45, 7) is 7.14. The second kappa shape index (κ2) is 10.1. The molecule has 0 unspecified atom stereocenters. The van der Waals surface area contributed by atoms with Gasteiger partial charge in [-0.25, -0.2) is 13.6 Å². The molecule has 2 aromatic carbocycles. The number of nitrogens with one attached hydrogen (secondary N) is 2. The lowest BCUT2D eigenvalue weighted by Crippen LogP contribution is -2.41. The third-order valence-electron chi connectivity index (χ3n) is 4.33. The lowest BCUT2D eigenvalue weighted by atomic mass is 10.2. The van der Waals surface area contributed by atoms with Gasteiger partial charge in [-0.05, 0) is 49.2 Å². The van der Waals surface area contributed by atoms with Gasteiger partial charge < -0.3 is 15.5 Å². The van der Waals surface area contributed by atoms with E-state index in [1.165, 1.54) is 17.3 Å². The van der Waals surface area contributed by atoms with Crippen molar-refractivity contribution in [3.05, 3.63) is 59.7 Å². The Hall–Kier alpha value is -2.58. The number of sulfonamides is 1. The number of guanidine groups is 1. The number of hydrogen-bond donors (Lipinski definition) is 3. The molecule has 0 fully saturated rings. The SMILES string of the molecule is CCN(CCNC(=NC)NCc1cccc(S(N)(=O)=O)c1)c1cccc(C)c1. The minimum absolute atomic E-state index is 0.103. The third-order valence-corrected chi connectivity index (χ3v) is 5.24. The predicted octanol–water partition coefficient (Wildman–Crippen LogP) is 1.83. The van der Waals surface area contributed by atoms with Crippen molar-refractivity contribution in [3.63, 3.8) is 0 Å². The molecule has 0 aliphatic carbocycles. The van der Waals surface area contributed by atoms with E-state index >= 15 is 0 Å². The van der Waals surface area contributed by atoms with Crippen molar-refractivity contribution in [3.8, 4) is 0 Å². The highest BCUT2D eigenvalue weighted by molar-refractivity contribution is 7.89. The smallest absolute Gasteiger partial charge is 0.238 e. The fourth-order valence-corrected chi connectivity index (χ4v) is 3.43. The van der Waals surface area contributed by atoms with Gasteiger partial charge in [-0.3, -0.25) is 4.99 Å². The third kappa shape index (κ3) is 6.54. The molecular weight excluding hydrogens is 374 g/mol. The molecule has 0 aromatic heterocycles. The number of hydrogen-bond acceptors (Lipinski definition) is 4. The highest BCUT2D eigenvalue weighted by Gasteiger charge is 2.08. The van der Waals surface area contributed by atoms with Gasteiger partial charge in [0.15, 0.2) is 5.96 Å². The van der Waals surface area contributed by atoms with Crippen LogP contribution in [0.25, 0.3) is 0 Å². The molecule has 0 aliphatic rings. The van der Waals surface area contributed by atoms with Gasteiger partial charge in [-0.2, -0.15) is 0 Å². The van der Waals surface area contributed by atoms with Crippen LogP contribution in [-0.4, -0.2) is 41.1 Å². The summed E-state index contributed by atoms with van der Waals surface area (Å²) in [4.78, 5) is 6.61. The van der Waals surface area contributed by atoms with Gasteiger partial charge in [0.2, 0.25) is 10.0 Å². The molecule has 0 saturated heterocycles. The van der Waals surface area contributed by atoms with Crippen molar-refractivity contribution in [2.45, 2.75) is 25.3 Å². The van der Waals surface area contributed by atoms with Crippen molar-refractivity contribution < 1.29 is 8.42 Å². The van der Waals surface area contributed by atoms with Crippen molar-refractivity contribution in [2.75, 3.05) is 31.6 Å². The van der Waals surface area contributed by atoms with Crippen LogP contribution in [0, 0.1) is 6.92 Å². The molecule has 7 nitrogen and oxygen atoms in total. The summed E-state index contributed by atoms with van der Waals surface area (Å²) in [6, 6.07) is 15.0. The first-order valence-corrected chi connectivity index (χ1v) is 10.8. The minimum atomic E-state index is -3.70. The molecule has 152 valence electrons. The average Bonchev–Trinajstić information content (AvgIpc) is 2.67. The number of rotatable bonds is 8. The lowest BCUT2D eigenvalue weighted by Gasteiger charge is -2.24. The summed E-state index contributed by atoms with van der Waals surface area (Å²) < 4.78 is 22.9. The van der Waals surface area contributed by atoms with Crippen LogP contribution in [0.15, 0.2) is 58.4 Å². The molecule has 0 saturated carbocycles. The fraction of sp³-hybridized carbons (Fsp3) is 0.350. The number of likely N-dealkylation sites (N-methyl/N-ethyl adjacent to an activating group) is 1. The predicted molar refractivity (Wildman–Crippen MR) is 115 cm³/mol. The van der Waals surface area contributed by atoms with E-state index in [0.29, 0.717) is 12.5 Å². The first-order chi connectivity index (χ1) is 13.3. The van der Waals surface area contributed by atoms with E-state index in [2.05, 4.69) is 58.6 Å². The Labute approximate surface area is 167 Å². The van der Waals surface area contributed by atoms with Crippen LogP contribution in [0.3, 0.4) is 0 Å². The molecule has 0 bridgehead atoms. The number of nitrogens with zero attached hydrogens (tertiary/aromatic N) is 2. The topological polar surface area (TPSA) is 99.8 Å². The second-order valence-electron chi connectivity index (χ2n) is 6.46. The van der Waals surface area contributed by atoms with E-state index in [1.807, 2.05) is 6.07 Å². The fourth-order valence-electron chi connectivity index (χ4n) is 2.84. The summed E-state index contributed by atoms with van der Waals surface area (Å²) in [5.41, 5.74) is 3.25. The van der Waals surface area contributed by atoms with Crippen LogP contribution in [-0.2, 0) is 16.6 Å². The second-order valence-corrected chi connectivity index (χ2v) is 8.03. The zero-order chi connectivity index (χ0) is 20.6. The van der Waals surface area contributed by atoms with Crippen molar-refractivity contribution >= 4 is 21.7 Å². The summed E-state index contributed by atoms with van der Waals surface area (Å²) in [6.07, 6.45) is 0. The first-order valence-electron chi connectivity index (χ1n) is 9.21. The largest absolute Gasteiger partial charge is 0.370 e. The van der Waals surface area contributed by atoms with Crippen LogP contribution >= 0.6 is 0 Å². The van der Waals surface area contributed by atoms with Gasteiger partial charge in [-0.15, -0.1) is 0 Å². The Morgan fingerprint density at radius 2 is 1.89 bits per heavy atom. The maximum atomic E-state index is 11.5. The first kappa shape index (κ1) is 21.7. The maximum absolute atomic E-state index is 11.5. The molecule has 4 N–H and O–H groups in total. The van der Waals surface area contributed by atoms with Gasteiger partial charge >= 0.3 is 0 Å². The number of anilines is 1. The van der Waals surface area contributed by atoms with Gasteiger partial charge in [0.25, 0.3) is 0 Å². The van der Waals surface area contributed by atoms with Crippen LogP contribution < -0.4 is 20.7 Å². The zero-order valence-corrected chi connectivity index (χ0v) is 17.5. The van der Waals surface area contributed by atoms with Gasteiger partial charge in [0.1, 0.15) is 0 Å². The Balaban J connectivity index is 1.88. The summed E-state index contributed by atoms with van der Waals surface area (Å²) in [7, 11) is -2.00. The van der Waals surface area contributed by atoms with E-state index in [1.54, 1.807) is 19.2 Å². The van der Waals surface area contributed by atoms with Gasteiger partial charge in [0.05, 0.1) is 4.90 Å². The van der Waals surface area contributed by atoms with Crippen molar-refractivity contribution in [1.29, 1.82) is 0 Å². The summed E-state index contributed by atoms with van der Waals surface area (Å²) in [5.74, 6) is 0.654. The molecule has 8 heteroatoms. The Morgan fingerprint density at radius 3 is 2.54 bits per heavy atom. The zero-order valence-electron chi connectivity index (χ0n) is 16.6. The van der Waals surface area contributed by atoms with E-state index < -0.39 is 10.0 Å². The Morgan fingerprint density at radius 1 is 1.14 bits per heavy atom. The lowest BCUT2D eigenvalue weighted by molar-refractivity contribution is 0.597. The highest BCUT2D eigenvalue weighted by Crippen LogP contribution is 2.15. The maximum Gasteiger partial charge on any atom is 0.238 e. The standard InChI is InChI=1S/C20H29N5O2S/c1-4-25(18-9-5-7-16(2)13-18)12-11-23-20(22-3)24-15-17-8-6-10-19(14-17)28(21,26)27/h5-10,13-14H,4,11-12,15H2,1-3H3,(H2,21,26,27)(H2,22,23,24). The average molecular weight is 404 g/mol.